The first-order chi connectivity index (χ1) is 12.6. The highest BCUT2D eigenvalue weighted by Crippen LogP contribution is 2.26. The molecule has 0 fully saturated rings. The molecule has 132 valence electrons. The highest BCUT2D eigenvalue weighted by atomic mass is 35.5. The second kappa shape index (κ2) is 8.54. The predicted octanol–water partition coefficient (Wildman–Crippen LogP) is 5.98. The van der Waals surface area contributed by atoms with Gasteiger partial charge in [0, 0.05) is 0 Å². The molecule has 0 atom stereocenters. The summed E-state index contributed by atoms with van der Waals surface area (Å²) in [6, 6.07) is 21.8. The van der Waals surface area contributed by atoms with E-state index in [0.717, 1.165) is 16.8 Å². The zero-order chi connectivity index (χ0) is 18.4. The second-order valence-electron chi connectivity index (χ2n) is 6.13. The van der Waals surface area contributed by atoms with E-state index in [4.69, 9.17) is 16.3 Å². The Bertz CT molecular complexity index is 907. The third-order valence-electron chi connectivity index (χ3n) is 4.11. The Balaban J connectivity index is 1.60. The number of ether oxygens (including phenoxy) is 1. The first-order valence-electron chi connectivity index (χ1n) is 8.44. The molecule has 1 N–H and O–H groups in total. The van der Waals surface area contributed by atoms with Crippen LogP contribution in [0.4, 0.5) is 5.69 Å². The zero-order valence-electron chi connectivity index (χ0n) is 14.9. The number of aryl methyl sites for hydroxylation is 2. The quantitative estimate of drug-likeness (QED) is 0.431. The van der Waals surface area contributed by atoms with Crippen molar-refractivity contribution in [1.29, 1.82) is 0 Å². The number of anilines is 1. The molecule has 0 radical (unpaired) electrons. The third kappa shape index (κ3) is 4.87. The van der Waals surface area contributed by atoms with Crippen LogP contribution in [-0.2, 0) is 6.61 Å². The van der Waals surface area contributed by atoms with Gasteiger partial charge in [-0.2, -0.15) is 5.10 Å². The van der Waals surface area contributed by atoms with Gasteiger partial charge in [-0.1, -0.05) is 48.0 Å². The van der Waals surface area contributed by atoms with Gasteiger partial charge in [-0.15, -0.1) is 0 Å². The van der Waals surface area contributed by atoms with Crippen molar-refractivity contribution in [2.75, 3.05) is 5.43 Å². The van der Waals surface area contributed by atoms with Crippen molar-refractivity contribution >= 4 is 23.5 Å². The molecule has 26 heavy (non-hydrogen) atoms. The van der Waals surface area contributed by atoms with E-state index in [-0.39, 0.29) is 0 Å². The van der Waals surface area contributed by atoms with E-state index in [0.29, 0.717) is 17.4 Å². The van der Waals surface area contributed by atoms with Gasteiger partial charge < -0.3 is 4.74 Å². The van der Waals surface area contributed by atoms with Crippen molar-refractivity contribution in [3.8, 4) is 5.75 Å². The Morgan fingerprint density at radius 3 is 2.50 bits per heavy atom. The van der Waals surface area contributed by atoms with Gasteiger partial charge in [-0.05, 0) is 66.4 Å². The van der Waals surface area contributed by atoms with E-state index in [9.17, 15) is 0 Å². The van der Waals surface area contributed by atoms with E-state index in [1.807, 2.05) is 54.6 Å². The molecule has 0 saturated carbocycles. The van der Waals surface area contributed by atoms with Crippen LogP contribution in [0.2, 0.25) is 5.02 Å². The van der Waals surface area contributed by atoms with Crippen molar-refractivity contribution in [3.05, 3.63) is 94.0 Å². The third-order valence-corrected chi connectivity index (χ3v) is 4.40. The fourth-order valence-electron chi connectivity index (χ4n) is 2.44. The van der Waals surface area contributed by atoms with Crippen molar-refractivity contribution in [1.82, 2.24) is 0 Å². The summed E-state index contributed by atoms with van der Waals surface area (Å²) in [5, 5.41) is 4.84. The Kier molecular flexibility index (Phi) is 5.92. The standard InChI is InChI=1S/C22H21ClN2O/c1-16-8-10-20(12-17(16)2)25-24-14-19-9-11-22(21(23)13-19)26-15-18-6-4-3-5-7-18/h3-14,25H,15H2,1-2H3/b24-14+. The van der Waals surface area contributed by atoms with Gasteiger partial charge in [-0.3, -0.25) is 5.43 Å². The molecule has 0 aliphatic carbocycles. The Morgan fingerprint density at radius 1 is 0.962 bits per heavy atom. The molecule has 0 bridgehead atoms. The summed E-state index contributed by atoms with van der Waals surface area (Å²) in [4.78, 5) is 0. The van der Waals surface area contributed by atoms with Crippen molar-refractivity contribution < 1.29 is 4.74 Å². The Labute approximate surface area is 159 Å². The molecule has 4 heteroatoms. The minimum atomic E-state index is 0.488. The molecule has 0 aromatic heterocycles. The number of rotatable bonds is 6. The van der Waals surface area contributed by atoms with Crippen LogP contribution in [-0.4, -0.2) is 6.21 Å². The molecule has 3 aromatic rings. The van der Waals surface area contributed by atoms with Crippen LogP contribution in [0.5, 0.6) is 5.75 Å². The van der Waals surface area contributed by atoms with E-state index >= 15 is 0 Å². The van der Waals surface area contributed by atoms with E-state index in [1.165, 1.54) is 11.1 Å². The summed E-state index contributed by atoms with van der Waals surface area (Å²) in [6.45, 7) is 4.66. The lowest BCUT2D eigenvalue weighted by Gasteiger charge is -2.08. The Morgan fingerprint density at radius 2 is 1.77 bits per heavy atom. The van der Waals surface area contributed by atoms with Crippen LogP contribution >= 0.6 is 11.6 Å². The number of hydrazone groups is 1. The summed E-state index contributed by atoms with van der Waals surface area (Å²) in [5.74, 6) is 0.662. The van der Waals surface area contributed by atoms with Gasteiger partial charge in [-0.25, -0.2) is 0 Å². The monoisotopic (exact) mass is 364 g/mol. The maximum atomic E-state index is 6.32. The van der Waals surface area contributed by atoms with Crippen LogP contribution in [0.3, 0.4) is 0 Å². The summed E-state index contributed by atoms with van der Waals surface area (Å²) >= 11 is 6.32. The molecule has 0 heterocycles. The van der Waals surface area contributed by atoms with Crippen LogP contribution in [0.15, 0.2) is 71.8 Å². The predicted molar refractivity (Wildman–Crippen MR) is 109 cm³/mol. The SMILES string of the molecule is Cc1ccc(N/N=C/c2ccc(OCc3ccccc3)c(Cl)c2)cc1C. The normalized spacial score (nSPS) is 10.9. The first-order valence-corrected chi connectivity index (χ1v) is 8.82. The van der Waals surface area contributed by atoms with Gasteiger partial charge >= 0.3 is 0 Å². The fourth-order valence-corrected chi connectivity index (χ4v) is 2.69. The number of hydrogen-bond donors (Lipinski definition) is 1. The van der Waals surface area contributed by atoms with Crippen LogP contribution in [0.25, 0.3) is 0 Å². The lowest BCUT2D eigenvalue weighted by Crippen LogP contribution is -1.96. The number of halogens is 1. The molecule has 0 saturated heterocycles. The first kappa shape index (κ1) is 18.0. The van der Waals surface area contributed by atoms with Gasteiger partial charge in [0.2, 0.25) is 0 Å². The van der Waals surface area contributed by atoms with Crippen LogP contribution < -0.4 is 10.2 Å². The van der Waals surface area contributed by atoms with Gasteiger partial charge in [0.05, 0.1) is 16.9 Å². The van der Waals surface area contributed by atoms with Gasteiger partial charge in [0.25, 0.3) is 0 Å². The average molecular weight is 365 g/mol. The lowest BCUT2D eigenvalue weighted by atomic mass is 10.1. The Hall–Kier alpha value is -2.78. The summed E-state index contributed by atoms with van der Waals surface area (Å²) in [7, 11) is 0. The molecule has 0 unspecified atom stereocenters. The molecule has 3 nitrogen and oxygen atoms in total. The number of benzene rings is 3. The summed E-state index contributed by atoms with van der Waals surface area (Å²) < 4.78 is 5.78. The fraction of sp³-hybridized carbons (Fsp3) is 0.136. The molecule has 3 rings (SSSR count). The van der Waals surface area contributed by atoms with Crippen LogP contribution in [0, 0.1) is 13.8 Å². The summed E-state index contributed by atoms with van der Waals surface area (Å²) in [5.41, 5.74) is 8.49. The topological polar surface area (TPSA) is 33.6 Å². The largest absolute Gasteiger partial charge is 0.487 e. The molecule has 0 spiro atoms. The molecule has 3 aromatic carbocycles. The van der Waals surface area contributed by atoms with E-state index < -0.39 is 0 Å². The van der Waals surface area contributed by atoms with Crippen molar-refractivity contribution in [2.45, 2.75) is 20.5 Å². The average Bonchev–Trinajstić information content (AvgIpc) is 2.65. The molecule has 0 aliphatic heterocycles. The van der Waals surface area contributed by atoms with Crippen LogP contribution in [0.1, 0.15) is 22.3 Å². The van der Waals surface area contributed by atoms with Crippen molar-refractivity contribution in [3.63, 3.8) is 0 Å². The van der Waals surface area contributed by atoms with Gasteiger partial charge in [0.15, 0.2) is 0 Å². The number of nitrogens with one attached hydrogen (secondary N) is 1. The molecule has 0 aliphatic rings. The van der Waals surface area contributed by atoms with Gasteiger partial charge in [0.1, 0.15) is 12.4 Å². The molecular formula is C22H21ClN2O. The lowest BCUT2D eigenvalue weighted by molar-refractivity contribution is 0.306. The molecular weight excluding hydrogens is 344 g/mol. The highest BCUT2D eigenvalue weighted by Gasteiger charge is 2.03. The summed E-state index contributed by atoms with van der Waals surface area (Å²) in [6.07, 6.45) is 1.74. The maximum Gasteiger partial charge on any atom is 0.138 e. The number of nitrogens with zero attached hydrogens (tertiary/aromatic N) is 1. The van der Waals surface area contributed by atoms with E-state index in [2.05, 4.69) is 36.5 Å². The smallest absolute Gasteiger partial charge is 0.138 e. The minimum absolute atomic E-state index is 0.488. The van der Waals surface area contributed by atoms with Crippen molar-refractivity contribution in [2.24, 2.45) is 5.10 Å². The minimum Gasteiger partial charge on any atom is -0.487 e. The number of hydrogen-bond acceptors (Lipinski definition) is 3. The molecule has 0 amide bonds. The maximum absolute atomic E-state index is 6.32. The zero-order valence-corrected chi connectivity index (χ0v) is 15.6. The highest BCUT2D eigenvalue weighted by molar-refractivity contribution is 6.32. The van der Waals surface area contributed by atoms with E-state index in [1.54, 1.807) is 6.21 Å². The second-order valence-corrected chi connectivity index (χ2v) is 6.54.